The number of unbranched alkanes of at least 4 members (excludes halogenated alkanes) is 2. The van der Waals surface area contributed by atoms with E-state index < -0.39 is 17.9 Å². The summed E-state index contributed by atoms with van der Waals surface area (Å²) in [6.07, 6.45) is 3.64. The van der Waals surface area contributed by atoms with E-state index in [9.17, 15) is 14.7 Å². The van der Waals surface area contributed by atoms with Gasteiger partial charge in [-0.3, -0.25) is 9.59 Å². The van der Waals surface area contributed by atoms with Crippen molar-refractivity contribution in [3.05, 3.63) is 35.4 Å². The molecule has 110 valence electrons. The van der Waals surface area contributed by atoms with Crippen LogP contribution in [-0.2, 0) is 16.0 Å². The van der Waals surface area contributed by atoms with E-state index in [1.54, 1.807) is 0 Å². The summed E-state index contributed by atoms with van der Waals surface area (Å²) in [6.45, 7) is 2.02. The van der Waals surface area contributed by atoms with Crippen LogP contribution in [0.15, 0.2) is 24.3 Å². The fraction of sp³-hybridized carbons (Fsp3) is 0.500. The Labute approximate surface area is 119 Å². The van der Waals surface area contributed by atoms with Gasteiger partial charge in [0.2, 0.25) is 0 Å². The topological polar surface area (TPSA) is 74.6 Å². The summed E-state index contributed by atoms with van der Waals surface area (Å²) in [6, 6.07) is 7.65. The quantitative estimate of drug-likeness (QED) is 0.678. The maximum atomic E-state index is 11.4. The largest absolute Gasteiger partial charge is 0.481 e. The molecule has 1 aromatic rings. The summed E-state index contributed by atoms with van der Waals surface area (Å²) in [7, 11) is 0. The zero-order chi connectivity index (χ0) is 15.0. The fourth-order valence-corrected chi connectivity index (χ4v) is 2.41. The number of carboxylic acids is 2. The molecule has 0 spiro atoms. The summed E-state index contributed by atoms with van der Waals surface area (Å²) in [5, 5.41) is 18.0. The molecule has 0 amide bonds. The first-order valence-corrected chi connectivity index (χ1v) is 7.08. The van der Waals surface area contributed by atoms with Crippen LogP contribution in [0.1, 0.15) is 56.1 Å². The van der Waals surface area contributed by atoms with E-state index in [1.807, 2.05) is 31.2 Å². The zero-order valence-electron chi connectivity index (χ0n) is 11.8. The molecule has 0 fully saturated rings. The number of benzene rings is 1. The molecular formula is C16H22O4. The van der Waals surface area contributed by atoms with Crippen LogP contribution in [0.4, 0.5) is 0 Å². The van der Waals surface area contributed by atoms with Gasteiger partial charge in [0.05, 0.1) is 5.92 Å². The van der Waals surface area contributed by atoms with Gasteiger partial charge < -0.3 is 10.2 Å². The predicted octanol–water partition coefficient (Wildman–Crippen LogP) is 3.45. The third kappa shape index (κ3) is 5.03. The first-order chi connectivity index (χ1) is 9.56. The molecule has 0 saturated heterocycles. The van der Waals surface area contributed by atoms with E-state index in [0.29, 0.717) is 12.8 Å². The SMILES string of the molecule is CCc1ccccc1C(CCCCCC(=O)O)C(=O)O. The number of hydrogen-bond donors (Lipinski definition) is 2. The van der Waals surface area contributed by atoms with Crippen LogP contribution in [0, 0.1) is 0 Å². The third-order valence-electron chi connectivity index (χ3n) is 3.49. The van der Waals surface area contributed by atoms with Crippen molar-refractivity contribution in [2.45, 2.75) is 51.4 Å². The summed E-state index contributed by atoms with van der Waals surface area (Å²) in [5.41, 5.74) is 1.96. The zero-order valence-corrected chi connectivity index (χ0v) is 11.8. The Bertz CT molecular complexity index is 454. The van der Waals surface area contributed by atoms with Gasteiger partial charge in [-0.15, -0.1) is 0 Å². The van der Waals surface area contributed by atoms with Crippen molar-refractivity contribution in [1.82, 2.24) is 0 Å². The van der Waals surface area contributed by atoms with Crippen molar-refractivity contribution >= 4 is 11.9 Å². The van der Waals surface area contributed by atoms with Gasteiger partial charge in [-0.05, 0) is 30.4 Å². The molecule has 1 unspecified atom stereocenters. The number of carboxylic acid groups (broad SMARTS) is 2. The Morgan fingerprint density at radius 2 is 1.80 bits per heavy atom. The Morgan fingerprint density at radius 3 is 2.40 bits per heavy atom. The monoisotopic (exact) mass is 278 g/mol. The molecular weight excluding hydrogens is 256 g/mol. The van der Waals surface area contributed by atoms with Crippen molar-refractivity contribution in [3.8, 4) is 0 Å². The molecule has 4 heteroatoms. The van der Waals surface area contributed by atoms with Crippen LogP contribution in [-0.4, -0.2) is 22.2 Å². The molecule has 0 aromatic heterocycles. The Hall–Kier alpha value is -1.84. The molecule has 0 heterocycles. The summed E-state index contributed by atoms with van der Waals surface area (Å²) < 4.78 is 0. The fourth-order valence-electron chi connectivity index (χ4n) is 2.41. The minimum Gasteiger partial charge on any atom is -0.481 e. The molecule has 0 saturated carbocycles. The molecule has 0 bridgehead atoms. The molecule has 1 atom stereocenters. The number of carbonyl (C=O) groups is 2. The lowest BCUT2D eigenvalue weighted by Crippen LogP contribution is -2.13. The highest BCUT2D eigenvalue weighted by atomic mass is 16.4. The Morgan fingerprint density at radius 1 is 1.10 bits per heavy atom. The highest BCUT2D eigenvalue weighted by molar-refractivity contribution is 5.76. The minimum absolute atomic E-state index is 0.156. The van der Waals surface area contributed by atoms with Crippen molar-refractivity contribution in [2.75, 3.05) is 0 Å². The van der Waals surface area contributed by atoms with Crippen LogP contribution in [0.25, 0.3) is 0 Å². The van der Waals surface area contributed by atoms with Gasteiger partial charge in [-0.25, -0.2) is 0 Å². The average Bonchev–Trinajstić information content (AvgIpc) is 2.42. The molecule has 0 aliphatic carbocycles. The minimum atomic E-state index is -0.802. The molecule has 2 N–H and O–H groups in total. The molecule has 0 aliphatic rings. The van der Waals surface area contributed by atoms with E-state index in [0.717, 1.165) is 30.4 Å². The summed E-state index contributed by atoms with van der Waals surface area (Å²) in [5.74, 6) is -2.09. The van der Waals surface area contributed by atoms with Crippen LogP contribution in [0.5, 0.6) is 0 Å². The van der Waals surface area contributed by atoms with Gasteiger partial charge in [-0.2, -0.15) is 0 Å². The standard InChI is InChI=1S/C16H22O4/c1-2-12-8-6-7-9-13(12)14(16(19)20)10-4-3-5-11-15(17)18/h6-9,14H,2-5,10-11H2,1H3,(H,17,18)(H,19,20). The van der Waals surface area contributed by atoms with E-state index in [4.69, 9.17) is 5.11 Å². The lowest BCUT2D eigenvalue weighted by Gasteiger charge is -2.16. The molecule has 1 aromatic carbocycles. The second-order valence-electron chi connectivity index (χ2n) is 4.94. The second kappa shape index (κ2) is 8.35. The highest BCUT2D eigenvalue weighted by Gasteiger charge is 2.21. The van der Waals surface area contributed by atoms with E-state index in [-0.39, 0.29) is 6.42 Å². The van der Waals surface area contributed by atoms with Crippen molar-refractivity contribution < 1.29 is 19.8 Å². The smallest absolute Gasteiger partial charge is 0.310 e. The molecule has 20 heavy (non-hydrogen) atoms. The third-order valence-corrected chi connectivity index (χ3v) is 3.49. The van der Waals surface area contributed by atoms with Crippen LogP contribution in [0.2, 0.25) is 0 Å². The first-order valence-electron chi connectivity index (χ1n) is 7.08. The van der Waals surface area contributed by atoms with Crippen molar-refractivity contribution in [1.29, 1.82) is 0 Å². The summed E-state index contributed by atoms with van der Waals surface area (Å²) in [4.78, 5) is 21.9. The maximum absolute atomic E-state index is 11.4. The van der Waals surface area contributed by atoms with E-state index in [1.165, 1.54) is 0 Å². The predicted molar refractivity (Wildman–Crippen MR) is 76.9 cm³/mol. The van der Waals surface area contributed by atoms with Gasteiger partial charge in [0.25, 0.3) is 0 Å². The van der Waals surface area contributed by atoms with E-state index >= 15 is 0 Å². The molecule has 4 nitrogen and oxygen atoms in total. The van der Waals surface area contributed by atoms with Crippen LogP contribution >= 0.6 is 0 Å². The molecule has 0 aliphatic heterocycles. The van der Waals surface area contributed by atoms with Crippen molar-refractivity contribution in [2.24, 2.45) is 0 Å². The lowest BCUT2D eigenvalue weighted by molar-refractivity contribution is -0.139. The Kier molecular flexibility index (Phi) is 6.77. The number of rotatable bonds is 9. The number of aryl methyl sites for hydroxylation is 1. The number of aliphatic carboxylic acids is 2. The summed E-state index contributed by atoms with van der Waals surface area (Å²) >= 11 is 0. The van der Waals surface area contributed by atoms with Crippen LogP contribution < -0.4 is 0 Å². The van der Waals surface area contributed by atoms with Crippen molar-refractivity contribution in [3.63, 3.8) is 0 Å². The second-order valence-corrected chi connectivity index (χ2v) is 4.94. The molecule has 1 rings (SSSR count). The van der Waals surface area contributed by atoms with Gasteiger partial charge >= 0.3 is 11.9 Å². The first kappa shape index (κ1) is 16.2. The highest BCUT2D eigenvalue weighted by Crippen LogP contribution is 2.26. The maximum Gasteiger partial charge on any atom is 0.310 e. The normalized spacial score (nSPS) is 12.1. The van der Waals surface area contributed by atoms with E-state index in [2.05, 4.69) is 0 Å². The van der Waals surface area contributed by atoms with Gasteiger partial charge in [-0.1, -0.05) is 44.0 Å². The number of hydrogen-bond acceptors (Lipinski definition) is 2. The van der Waals surface area contributed by atoms with Gasteiger partial charge in [0.1, 0.15) is 0 Å². The lowest BCUT2D eigenvalue weighted by atomic mass is 9.89. The average molecular weight is 278 g/mol. The van der Waals surface area contributed by atoms with Gasteiger partial charge in [0.15, 0.2) is 0 Å². The van der Waals surface area contributed by atoms with Gasteiger partial charge in [0, 0.05) is 6.42 Å². The Balaban J connectivity index is 2.61. The van der Waals surface area contributed by atoms with Crippen LogP contribution in [0.3, 0.4) is 0 Å². The molecule has 0 radical (unpaired) electrons.